The molecule has 0 radical (unpaired) electrons. The van der Waals surface area contributed by atoms with Crippen molar-refractivity contribution in [3.63, 3.8) is 0 Å². The second kappa shape index (κ2) is 4.65. The predicted molar refractivity (Wildman–Crippen MR) is 68.0 cm³/mol. The fraction of sp³-hybridized carbons (Fsp3) is 0.857. The Kier molecular flexibility index (Phi) is 3.14. The lowest BCUT2D eigenvalue weighted by atomic mass is 9.90. The van der Waals surface area contributed by atoms with Crippen molar-refractivity contribution in [1.29, 1.82) is 0 Å². The van der Waals surface area contributed by atoms with Gasteiger partial charge in [-0.05, 0) is 51.6 Å². The Bertz CT molecular complexity index is 363. The molecule has 3 fully saturated rings. The highest BCUT2D eigenvalue weighted by Crippen LogP contribution is 2.43. The van der Waals surface area contributed by atoms with E-state index in [9.17, 15) is 9.59 Å². The second-order valence-corrected chi connectivity index (χ2v) is 6.12. The average Bonchev–Trinajstić information content (AvgIpc) is 2.98. The largest absolute Gasteiger partial charge is 0.339 e. The summed E-state index contributed by atoms with van der Waals surface area (Å²) < 4.78 is 0. The summed E-state index contributed by atoms with van der Waals surface area (Å²) in [7, 11) is 0. The third-order valence-corrected chi connectivity index (χ3v) is 5.04. The van der Waals surface area contributed by atoms with Crippen LogP contribution in [0.2, 0.25) is 0 Å². The third kappa shape index (κ3) is 1.96. The topological polar surface area (TPSA) is 49.4 Å². The number of nitrogens with zero attached hydrogens (tertiary/aromatic N) is 1. The van der Waals surface area contributed by atoms with Gasteiger partial charge in [0.1, 0.15) is 5.78 Å². The lowest BCUT2D eigenvalue weighted by Gasteiger charge is -2.34. The van der Waals surface area contributed by atoms with Crippen LogP contribution < -0.4 is 5.32 Å². The zero-order valence-electron chi connectivity index (χ0n) is 11.0. The molecule has 4 nitrogen and oxygen atoms in total. The minimum absolute atomic E-state index is 0.223. The molecule has 3 atom stereocenters. The third-order valence-electron chi connectivity index (χ3n) is 5.04. The highest BCUT2D eigenvalue weighted by molar-refractivity contribution is 5.82. The molecule has 2 bridgehead atoms. The van der Waals surface area contributed by atoms with Crippen LogP contribution in [0.1, 0.15) is 32.6 Å². The van der Waals surface area contributed by atoms with Crippen LogP contribution in [0.4, 0.5) is 0 Å². The molecule has 3 unspecified atom stereocenters. The summed E-state index contributed by atoms with van der Waals surface area (Å²) in [5, 5.41) is 3.30. The number of fused-ring (bicyclic) bond motifs is 2. The van der Waals surface area contributed by atoms with Gasteiger partial charge in [-0.15, -0.1) is 0 Å². The molecule has 4 heteroatoms. The van der Waals surface area contributed by atoms with Crippen molar-refractivity contribution >= 4 is 11.7 Å². The van der Waals surface area contributed by atoms with Crippen molar-refractivity contribution in [2.75, 3.05) is 19.6 Å². The summed E-state index contributed by atoms with van der Waals surface area (Å²) in [4.78, 5) is 26.1. The fourth-order valence-electron chi connectivity index (χ4n) is 4.02. The van der Waals surface area contributed by atoms with Crippen LogP contribution in [0, 0.1) is 17.8 Å². The first-order chi connectivity index (χ1) is 8.66. The maximum Gasteiger partial charge on any atom is 0.226 e. The Morgan fingerprint density at radius 2 is 1.89 bits per heavy atom. The summed E-state index contributed by atoms with van der Waals surface area (Å²) in [5.41, 5.74) is 0. The Labute approximate surface area is 108 Å². The molecular weight excluding hydrogens is 228 g/mol. The van der Waals surface area contributed by atoms with E-state index in [2.05, 4.69) is 10.2 Å². The molecule has 0 aromatic heterocycles. The van der Waals surface area contributed by atoms with Crippen LogP contribution in [0.25, 0.3) is 0 Å². The molecule has 18 heavy (non-hydrogen) atoms. The van der Waals surface area contributed by atoms with Gasteiger partial charge >= 0.3 is 0 Å². The molecular formula is C14H22N2O2. The molecule has 100 valence electrons. The first-order valence-electron chi connectivity index (χ1n) is 7.18. The highest BCUT2D eigenvalue weighted by atomic mass is 16.2. The molecule has 3 rings (SSSR count). The summed E-state index contributed by atoms with van der Waals surface area (Å²) in [6.07, 6.45) is 3.92. The lowest BCUT2D eigenvalue weighted by molar-refractivity contribution is -0.139. The van der Waals surface area contributed by atoms with E-state index in [0.717, 1.165) is 45.3 Å². The quantitative estimate of drug-likeness (QED) is 0.789. The van der Waals surface area contributed by atoms with Gasteiger partial charge in [-0.25, -0.2) is 0 Å². The van der Waals surface area contributed by atoms with E-state index >= 15 is 0 Å². The van der Waals surface area contributed by atoms with Crippen molar-refractivity contribution in [3.8, 4) is 0 Å². The predicted octanol–water partition coefficient (Wildman–Crippen LogP) is 0.812. The molecule has 2 saturated heterocycles. The zero-order valence-corrected chi connectivity index (χ0v) is 11.0. The number of hydrogen-bond acceptors (Lipinski definition) is 3. The second-order valence-electron chi connectivity index (χ2n) is 6.12. The number of rotatable bonds is 2. The minimum Gasteiger partial charge on any atom is -0.339 e. The van der Waals surface area contributed by atoms with Gasteiger partial charge < -0.3 is 10.2 Å². The molecule has 2 heterocycles. The van der Waals surface area contributed by atoms with E-state index < -0.39 is 0 Å². The number of hydrogen-bond donors (Lipinski definition) is 1. The Morgan fingerprint density at radius 3 is 2.44 bits per heavy atom. The first-order valence-corrected chi connectivity index (χ1v) is 7.18. The molecule has 0 spiro atoms. The van der Waals surface area contributed by atoms with E-state index in [1.165, 1.54) is 0 Å². The summed E-state index contributed by atoms with van der Waals surface area (Å²) in [6, 6.07) is 0.353. The molecule has 3 aliphatic rings. The molecule has 1 aliphatic carbocycles. The summed E-state index contributed by atoms with van der Waals surface area (Å²) in [6.45, 7) is 4.46. The van der Waals surface area contributed by atoms with Gasteiger partial charge in [-0.2, -0.15) is 0 Å². The standard InChI is InChI=1S/C14H22N2O2/c1-9(17)13-7-12-6-11(13)8-16(12)14(18)10-2-4-15-5-3-10/h10-13,15H,2-8H2,1H3. The van der Waals surface area contributed by atoms with E-state index in [4.69, 9.17) is 0 Å². The number of likely N-dealkylation sites (tertiary alicyclic amines) is 1. The summed E-state index contributed by atoms with van der Waals surface area (Å²) >= 11 is 0. The normalized spacial score (nSPS) is 36.1. The monoisotopic (exact) mass is 250 g/mol. The minimum atomic E-state index is 0.223. The van der Waals surface area contributed by atoms with Crippen LogP contribution >= 0.6 is 0 Å². The molecule has 0 aromatic rings. The molecule has 1 amide bonds. The van der Waals surface area contributed by atoms with Crippen LogP contribution in [0.3, 0.4) is 0 Å². The fourth-order valence-corrected chi connectivity index (χ4v) is 4.02. The highest BCUT2D eigenvalue weighted by Gasteiger charge is 2.48. The number of carbonyl (C=O) groups excluding carboxylic acids is 2. The van der Waals surface area contributed by atoms with Gasteiger partial charge in [-0.3, -0.25) is 9.59 Å². The molecule has 2 aliphatic heterocycles. The number of Topliss-reactive ketones (excluding diaryl/α,β-unsaturated/α-hetero) is 1. The van der Waals surface area contributed by atoms with Crippen LogP contribution in [-0.2, 0) is 9.59 Å². The first kappa shape index (κ1) is 12.2. The van der Waals surface area contributed by atoms with Crippen LogP contribution in [0.5, 0.6) is 0 Å². The Morgan fingerprint density at radius 1 is 1.17 bits per heavy atom. The SMILES string of the molecule is CC(=O)C1CC2CC1CN2C(=O)C1CCNCC1. The Hall–Kier alpha value is -0.900. The summed E-state index contributed by atoms with van der Waals surface area (Å²) in [5.74, 6) is 1.56. The number of carbonyl (C=O) groups is 2. The van der Waals surface area contributed by atoms with E-state index in [0.29, 0.717) is 23.7 Å². The average molecular weight is 250 g/mol. The van der Waals surface area contributed by atoms with Gasteiger partial charge in [0, 0.05) is 24.4 Å². The smallest absolute Gasteiger partial charge is 0.226 e. The number of amides is 1. The number of piperidine rings is 2. The van der Waals surface area contributed by atoms with Crippen LogP contribution in [-0.4, -0.2) is 42.3 Å². The number of ketones is 1. The van der Waals surface area contributed by atoms with Gasteiger partial charge in [0.2, 0.25) is 5.91 Å². The van der Waals surface area contributed by atoms with Gasteiger partial charge in [0.25, 0.3) is 0 Å². The van der Waals surface area contributed by atoms with Crippen molar-refractivity contribution in [2.45, 2.75) is 38.6 Å². The van der Waals surface area contributed by atoms with Crippen molar-refractivity contribution in [1.82, 2.24) is 10.2 Å². The van der Waals surface area contributed by atoms with Crippen molar-refractivity contribution in [3.05, 3.63) is 0 Å². The lowest BCUT2D eigenvalue weighted by Crippen LogP contribution is -2.46. The van der Waals surface area contributed by atoms with Crippen molar-refractivity contribution in [2.24, 2.45) is 17.8 Å². The van der Waals surface area contributed by atoms with Crippen LogP contribution in [0.15, 0.2) is 0 Å². The van der Waals surface area contributed by atoms with Crippen molar-refractivity contribution < 1.29 is 9.59 Å². The molecule has 1 N–H and O–H groups in total. The number of nitrogens with one attached hydrogen (secondary N) is 1. The maximum absolute atomic E-state index is 12.5. The maximum atomic E-state index is 12.5. The molecule has 1 saturated carbocycles. The van der Waals surface area contributed by atoms with E-state index in [-0.39, 0.29) is 11.8 Å². The Balaban J connectivity index is 1.63. The van der Waals surface area contributed by atoms with Gasteiger partial charge in [0.15, 0.2) is 0 Å². The van der Waals surface area contributed by atoms with E-state index in [1.54, 1.807) is 6.92 Å². The van der Waals surface area contributed by atoms with Gasteiger partial charge in [0.05, 0.1) is 0 Å². The molecule has 0 aromatic carbocycles. The van der Waals surface area contributed by atoms with Gasteiger partial charge in [-0.1, -0.05) is 0 Å². The van der Waals surface area contributed by atoms with E-state index in [1.807, 2.05) is 0 Å². The zero-order chi connectivity index (χ0) is 12.7.